The van der Waals surface area contributed by atoms with E-state index >= 15 is 0 Å². The van der Waals surface area contributed by atoms with Crippen LogP contribution in [-0.4, -0.2) is 9.91 Å². The van der Waals surface area contributed by atoms with Gasteiger partial charge in [0.25, 0.3) is 0 Å². The van der Waals surface area contributed by atoms with Gasteiger partial charge in [0.2, 0.25) is 5.82 Å². The van der Waals surface area contributed by atoms with E-state index in [0.717, 1.165) is 5.56 Å². The Hall–Kier alpha value is -1.95. The molecular formula is C15H16BrN3O2. The van der Waals surface area contributed by atoms with Crippen molar-refractivity contribution in [3.05, 3.63) is 62.2 Å². The van der Waals surface area contributed by atoms with Crippen LogP contribution in [0.1, 0.15) is 30.9 Å². The van der Waals surface area contributed by atoms with E-state index < -0.39 is 4.92 Å². The Labute approximate surface area is 131 Å². The molecule has 0 atom stereocenters. The average molecular weight is 350 g/mol. The van der Waals surface area contributed by atoms with Gasteiger partial charge < -0.3 is 5.32 Å². The maximum atomic E-state index is 11.0. The number of hydrogen-bond donors (Lipinski definition) is 1. The molecule has 2 rings (SSSR count). The zero-order chi connectivity index (χ0) is 15.4. The number of nitro groups is 1. The lowest BCUT2D eigenvalue weighted by Crippen LogP contribution is -2.04. The van der Waals surface area contributed by atoms with E-state index in [9.17, 15) is 10.1 Å². The molecule has 1 aromatic heterocycles. The van der Waals surface area contributed by atoms with Crippen LogP contribution >= 0.6 is 15.9 Å². The van der Waals surface area contributed by atoms with E-state index in [2.05, 4.69) is 52.2 Å². The normalized spacial score (nSPS) is 10.7. The van der Waals surface area contributed by atoms with Gasteiger partial charge in [0.05, 0.1) is 4.92 Å². The predicted octanol–water partition coefficient (Wildman–Crippen LogP) is 4.49. The number of pyridine rings is 1. The third-order valence-corrected chi connectivity index (χ3v) is 3.57. The molecular weight excluding hydrogens is 334 g/mol. The molecule has 5 nitrogen and oxygen atoms in total. The molecule has 110 valence electrons. The molecule has 6 heteroatoms. The summed E-state index contributed by atoms with van der Waals surface area (Å²) < 4.78 is 0.584. The van der Waals surface area contributed by atoms with Crippen LogP contribution in [0.3, 0.4) is 0 Å². The largest absolute Gasteiger partial charge is 0.360 e. The van der Waals surface area contributed by atoms with E-state index in [4.69, 9.17) is 0 Å². The molecule has 0 radical (unpaired) electrons. The topological polar surface area (TPSA) is 68.1 Å². The van der Waals surface area contributed by atoms with Gasteiger partial charge in [0.1, 0.15) is 0 Å². The van der Waals surface area contributed by atoms with Gasteiger partial charge in [-0.05, 0) is 33.0 Å². The Morgan fingerprint density at radius 2 is 2.00 bits per heavy atom. The van der Waals surface area contributed by atoms with Gasteiger partial charge in [0.15, 0.2) is 0 Å². The van der Waals surface area contributed by atoms with Crippen LogP contribution in [0.25, 0.3) is 0 Å². The molecule has 0 saturated heterocycles. The van der Waals surface area contributed by atoms with Crippen LogP contribution in [-0.2, 0) is 6.54 Å². The van der Waals surface area contributed by atoms with Gasteiger partial charge in [-0.2, -0.15) is 0 Å². The smallest absolute Gasteiger partial charge is 0.312 e. The first-order valence-corrected chi connectivity index (χ1v) is 7.39. The maximum absolute atomic E-state index is 11.0. The molecule has 0 fully saturated rings. The minimum atomic E-state index is -0.443. The monoisotopic (exact) mass is 349 g/mol. The molecule has 0 saturated carbocycles. The second-order valence-electron chi connectivity index (χ2n) is 5.03. The summed E-state index contributed by atoms with van der Waals surface area (Å²) in [4.78, 5) is 14.6. The van der Waals surface area contributed by atoms with Crippen LogP contribution in [0.5, 0.6) is 0 Å². The van der Waals surface area contributed by atoms with Crippen LogP contribution in [0, 0.1) is 10.1 Å². The molecule has 0 aliphatic heterocycles. The fraction of sp³-hybridized carbons (Fsp3) is 0.267. The second kappa shape index (κ2) is 6.67. The van der Waals surface area contributed by atoms with Crippen molar-refractivity contribution in [1.29, 1.82) is 0 Å². The maximum Gasteiger partial charge on any atom is 0.312 e. The number of halogens is 1. The van der Waals surface area contributed by atoms with E-state index in [1.807, 2.05) is 12.1 Å². The Bertz CT molecular complexity index is 642. The SMILES string of the molecule is CC(C)c1ccc(CNc2ncc(Br)cc2[N+](=O)[O-])cc1. The Morgan fingerprint density at radius 1 is 1.33 bits per heavy atom. The molecule has 0 spiro atoms. The molecule has 1 N–H and O–H groups in total. The number of benzene rings is 1. The minimum Gasteiger partial charge on any atom is -0.360 e. The zero-order valence-corrected chi connectivity index (χ0v) is 13.4. The van der Waals surface area contributed by atoms with Crippen molar-refractivity contribution >= 4 is 27.4 Å². The van der Waals surface area contributed by atoms with Crippen molar-refractivity contribution in [1.82, 2.24) is 4.98 Å². The minimum absolute atomic E-state index is 0.0387. The van der Waals surface area contributed by atoms with Gasteiger partial charge in [0, 0.05) is 23.3 Å². The molecule has 1 heterocycles. The van der Waals surface area contributed by atoms with Crippen molar-refractivity contribution < 1.29 is 4.92 Å². The van der Waals surface area contributed by atoms with Crippen LogP contribution in [0.15, 0.2) is 41.0 Å². The summed E-state index contributed by atoms with van der Waals surface area (Å²) in [7, 11) is 0. The van der Waals surface area contributed by atoms with Crippen LogP contribution in [0.2, 0.25) is 0 Å². The number of anilines is 1. The summed E-state index contributed by atoms with van der Waals surface area (Å²) in [5.41, 5.74) is 2.29. The first-order valence-electron chi connectivity index (χ1n) is 6.60. The highest BCUT2D eigenvalue weighted by Gasteiger charge is 2.15. The van der Waals surface area contributed by atoms with Crippen LogP contribution in [0.4, 0.5) is 11.5 Å². The van der Waals surface area contributed by atoms with E-state index in [1.165, 1.54) is 17.8 Å². The molecule has 0 unspecified atom stereocenters. The summed E-state index contributed by atoms with van der Waals surface area (Å²) in [6.45, 7) is 4.78. The van der Waals surface area contributed by atoms with Crippen molar-refractivity contribution in [3.63, 3.8) is 0 Å². The highest BCUT2D eigenvalue weighted by molar-refractivity contribution is 9.10. The van der Waals surface area contributed by atoms with Gasteiger partial charge in [-0.1, -0.05) is 38.1 Å². The fourth-order valence-electron chi connectivity index (χ4n) is 1.91. The quantitative estimate of drug-likeness (QED) is 0.637. The van der Waals surface area contributed by atoms with Crippen molar-refractivity contribution in [2.45, 2.75) is 26.3 Å². The van der Waals surface area contributed by atoms with Crippen molar-refractivity contribution in [2.24, 2.45) is 0 Å². The summed E-state index contributed by atoms with van der Waals surface area (Å²) in [5.74, 6) is 0.761. The lowest BCUT2D eigenvalue weighted by molar-refractivity contribution is -0.384. The van der Waals surface area contributed by atoms with Gasteiger partial charge in [-0.15, -0.1) is 0 Å². The third kappa shape index (κ3) is 4.01. The number of rotatable bonds is 5. The number of nitrogens with one attached hydrogen (secondary N) is 1. The number of aromatic nitrogens is 1. The molecule has 0 amide bonds. The molecule has 0 aliphatic rings. The molecule has 0 bridgehead atoms. The van der Waals surface area contributed by atoms with Crippen molar-refractivity contribution in [2.75, 3.05) is 5.32 Å². The lowest BCUT2D eigenvalue weighted by atomic mass is 10.0. The zero-order valence-electron chi connectivity index (χ0n) is 11.8. The number of hydrogen-bond acceptors (Lipinski definition) is 4. The van der Waals surface area contributed by atoms with E-state index in [1.54, 1.807) is 0 Å². The highest BCUT2D eigenvalue weighted by atomic mass is 79.9. The summed E-state index contributed by atoms with van der Waals surface area (Å²) >= 11 is 3.19. The summed E-state index contributed by atoms with van der Waals surface area (Å²) in [6.07, 6.45) is 1.54. The summed E-state index contributed by atoms with van der Waals surface area (Å²) in [6, 6.07) is 9.63. The average Bonchev–Trinajstić information content (AvgIpc) is 2.46. The van der Waals surface area contributed by atoms with Gasteiger partial charge in [-0.3, -0.25) is 10.1 Å². The Kier molecular flexibility index (Phi) is 4.90. The first kappa shape index (κ1) is 15.4. The molecule has 21 heavy (non-hydrogen) atoms. The Morgan fingerprint density at radius 3 is 2.57 bits per heavy atom. The molecule has 0 aliphatic carbocycles. The predicted molar refractivity (Wildman–Crippen MR) is 86.4 cm³/mol. The molecule has 2 aromatic rings. The highest BCUT2D eigenvalue weighted by Crippen LogP contribution is 2.25. The number of nitrogens with zero attached hydrogens (tertiary/aromatic N) is 2. The van der Waals surface area contributed by atoms with E-state index in [-0.39, 0.29) is 11.5 Å². The lowest BCUT2D eigenvalue weighted by Gasteiger charge is -2.09. The fourth-order valence-corrected chi connectivity index (χ4v) is 2.23. The van der Waals surface area contributed by atoms with Crippen molar-refractivity contribution in [3.8, 4) is 0 Å². The van der Waals surface area contributed by atoms with Crippen LogP contribution < -0.4 is 5.32 Å². The first-order chi connectivity index (χ1) is 9.97. The Balaban J connectivity index is 2.11. The standard InChI is InChI=1S/C15H16BrN3O2/c1-10(2)12-5-3-11(4-6-12)8-17-15-14(19(20)21)7-13(16)9-18-15/h3-7,9-10H,8H2,1-2H3,(H,17,18). The third-order valence-electron chi connectivity index (χ3n) is 3.14. The summed E-state index contributed by atoms with van der Waals surface area (Å²) in [5, 5.41) is 14.0. The van der Waals surface area contributed by atoms with E-state index in [0.29, 0.717) is 16.9 Å². The van der Waals surface area contributed by atoms with Gasteiger partial charge >= 0.3 is 5.69 Å². The molecule has 1 aromatic carbocycles. The van der Waals surface area contributed by atoms with Gasteiger partial charge in [-0.25, -0.2) is 4.98 Å². The second-order valence-corrected chi connectivity index (χ2v) is 5.94.